The first-order valence-electron chi connectivity index (χ1n) is 5.98. The summed E-state index contributed by atoms with van der Waals surface area (Å²) in [5.74, 6) is -1.44. The highest BCUT2D eigenvalue weighted by Gasteiger charge is 2.17. The van der Waals surface area contributed by atoms with Gasteiger partial charge in [-0.15, -0.1) is 11.3 Å². The number of ether oxygens (including phenoxy) is 1. The number of nitrogens with one attached hydrogen (secondary N) is 2. The van der Waals surface area contributed by atoms with E-state index in [4.69, 9.17) is 9.94 Å². The number of rotatable bonds is 6. The molecule has 0 aliphatic heterocycles. The minimum atomic E-state index is -0.673. The molecule has 0 spiro atoms. The molecule has 1 aromatic rings. The molecule has 0 radical (unpaired) electrons. The lowest BCUT2D eigenvalue weighted by Gasteiger charge is -2.12. The molecule has 0 aromatic carbocycles. The van der Waals surface area contributed by atoms with Crippen LogP contribution in [0.25, 0.3) is 0 Å². The smallest absolute Gasteiger partial charge is 0.307 e. The molecular formula is C12H16N2O5S. The second-order valence-electron chi connectivity index (χ2n) is 3.99. The van der Waals surface area contributed by atoms with Crippen LogP contribution in [0.3, 0.4) is 0 Å². The molecule has 0 aliphatic carbocycles. The molecule has 0 bridgehead atoms. The summed E-state index contributed by atoms with van der Waals surface area (Å²) in [6.45, 7) is 3.69. The van der Waals surface area contributed by atoms with Crippen LogP contribution in [0.1, 0.15) is 39.6 Å². The summed E-state index contributed by atoms with van der Waals surface area (Å²) in [5.41, 5.74) is 1.49. The van der Waals surface area contributed by atoms with Crippen LogP contribution >= 0.6 is 11.3 Å². The molecule has 0 saturated heterocycles. The van der Waals surface area contributed by atoms with Crippen molar-refractivity contribution in [3.8, 4) is 0 Å². The van der Waals surface area contributed by atoms with E-state index < -0.39 is 5.91 Å². The normalized spacial score (nSPS) is 11.6. The van der Waals surface area contributed by atoms with Crippen LogP contribution in [0.5, 0.6) is 0 Å². The van der Waals surface area contributed by atoms with Gasteiger partial charge in [0.1, 0.15) is 0 Å². The van der Waals surface area contributed by atoms with Gasteiger partial charge in [0.05, 0.1) is 22.8 Å². The van der Waals surface area contributed by atoms with Crippen LogP contribution in [0.2, 0.25) is 0 Å². The van der Waals surface area contributed by atoms with Gasteiger partial charge in [-0.2, -0.15) is 0 Å². The molecule has 1 heterocycles. The molecule has 1 atom stereocenters. The Kier molecular flexibility index (Phi) is 6.13. The SMILES string of the molecule is CCOC(=O)CC(C)NC(=O)c1ccc(C(=O)NO)s1. The number of amides is 2. The molecule has 0 fully saturated rings. The van der Waals surface area contributed by atoms with Crippen molar-refractivity contribution < 1.29 is 24.3 Å². The second-order valence-corrected chi connectivity index (χ2v) is 5.07. The van der Waals surface area contributed by atoms with Crippen LogP contribution in [-0.4, -0.2) is 35.6 Å². The number of hydrogen-bond acceptors (Lipinski definition) is 6. The predicted molar refractivity (Wildman–Crippen MR) is 71.7 cm³/mol. The number of esters is 1. The van der Waals surface area contributed by atoms with Crippen molar-refractivity contribution in [2.45, 2.75) is 26.3 Å². The summed E-state index contributed by atoms with van der Waals surface area (Å²) in [6.07, 6.45) is 0.0783. The zero-order valence-electron chi connectivity index (χ0n) is 11.1. The Labute approximate surface area is 119 Å². The Hall–Kier alpha value is -1.93. The van der Waals surface area contributed by atoms with Gasteiger partial charge in [0.2, 0.25) is 0 Å². The first kappa shape index (κ1) is 16.1. The van der Waals surface area contributed by atoms with Crippen molar-refractivity contribution in [2.24, 2.45) is 0 Å². The minimum absolute atomic E-state index is 0.0783. The number of carbonyl (C=O) groups is 3. The topological polar surface area (TPSA) is 105 Å². The highest BCUT2D eigenvalue weighted by atomic mass is 32.1. The Morgan fingerprint density at radius 3 is 2.45 bits per heavy atom. The Morgan fingerprint density at radius 2 is 1.90 bits per heavy atom. The molecule has 0 aliphatic rings. The number of hydroxylamine groups is 1. The van der Waals surface area contributed by atoms with Gasteiger partial charge in [-0.1, -0.05) is 0 Å². The lowest BCUT2D eigenvalue weighted by Crippen LogP contribution is -2.34. The van der Waals surface area contributed by atoms with Gasteiger partial charge in [0, 0.05) is 6.04 Å². The van der Waals surface area contributed by atoms with E-state index in [-0.39, 0.29) is 29.2 Å². The number of carbonyl (C=O) groups excluding carboxylic acids is 3. The molecule has 2 amide bonds. The maximum Gasteiger partial charge on any atom is 0.307 e. The van der Waals surface area contributed by atoms with Crippen molar-refractivity contribution >= 4 is 29.1 Å². The fourth-order valence-corrected chi connectivity index (χ4v) is 2.25. The number of thiophene rings is 1. The van der Waals surface area contributed by atoms with E-state index in [0.29, 0.717) is 11.5 Å². The van der Waals surface area contributed by atoms with Crippen molar-refractivity contribution in [1.29, 1.82) is 0 Å². The zero-order chi connectivity index (χ0) is 15.1. The molecule has 1 aromatic heterocycles. The van der Waals surface area contributed by atoms with E-state index in [1.165, 1.54) is 17.6 Å². The van der Waals surface area contributed by atoms with Crippen molar-refractivity contribution in [1.82, 2.24) is 10.8 Å². The second kappa shape index (κ2) is 7.61. The average Bonchev–Trinajstić information content (AvgIpc) is 2.87. The first-order chi connectivity index (χ1) is 9.47. The van der Waals surface area contributed by atoms with Gasteiger partial charge in [0.25, 0.3) is 11.8 Å². The molecule has 1 unspecified atom stereocenters. The maximum atomic E-state index is 11.9. The molecule has 1 rings (SSSR count). The summed E-state index contributed by atoms with van der Waals surface area (Å²) in [7, 11) is 0. The standard InChI is InChI=1S/C12H16N2O5S/c1-3-19-10(15)6-7(2)13-11(16)8-4-5-9(20-8)12(17)14-18/h4-5,7,18H,3,6H2,1-2H3,(H,13,16)(H,14,17). The van der Waals surface area contributed by atoms with Crippen LogP contribution < -0.4 is 10.8 Å². The monoisotopic (exact) mass is 300 g/mol. The van der Waals surface area contributed by atoms with Crippen LogP contribution in [-0.2, 0) is 9.53 Å². The third-order valence-electron chi connectivity index (χ3n) is 2.31. The van der Waals surface area contributed by atoms with Gasteiger partial charge < -0.3 is 10.1 Å². The fraction of sp³-hybridized carbons (Fsp3) is 0.417. The van der Waals surface area contributed by atoms with Crippen molar-refractivity contribution in [2.75, 3.05) is 6.61 Å². The van der Waals surface area contributed by atoms with E-state index in [1.54, 1.807) is 13.8 Å². The van der Waals surface area contributed by atoms with Crippen LogP contribution in [0, 0.1) is 0 Å². The lowest BCUT2D eigenvalue weighted by molar-refractivity contribution is -0.143. The van der Waals surface area contributed by atoms with Crippen LogP contribution in [0.4, 0.5) is 0 Å². The number of hydrogen-bond donors (Lipinski definition) is 3. The van der Waals surface area contributed by atoms with Gasteiger partial charge in [-0.25, -0.2) is 5.48 Å². The third-order valence-corrected chi connectivity index (χ3v) is 3.39. The molecule has 3 N–H and O–H groups in total. The van der Waals surface area contributed by atoms with Crippen molar-refractivity contribution in [3.05, 3.63) is 21.9 Å². The summed E-state index contributed by atoms with van der Waals surface area (Å²) in [4.78, 5) is 34.8. The van der Waals surface area contributed by atoms with E-state index in [9.17, 15) is 14.4 Å². The first-order valence-corrected chi connectivity index (χ1v) is 6.80. The maximum absolute atomic E-state index is 11.9. The predicted octanol–water partition coefficient (Wildman–Crippen LogP) is 0.939. The molecule has 8 heteroatoms. The molecule has 7 nitrogen and oxygen atoms in total. The highest BCUT2D eigenvalue weighted by Crippen LogP contribution is 2.16. The van der Waals surface area contributed by atoms with Crippen LogP contribution in [0.15, 0.2) is 12.1 Å². The Bertz CT molecular complexity index is 500. The summed E-state index contributed by atoms with van der Waals surface area (Å²) >= 11 is 0.945. The minimum Gasteiger partial charge on any atom is -0.466 e. The van der Waals surface area contributed by atoms with Gasteiger partial charge in [0.15, 0.2) is 0 Å². The van der Waals surface area contributed by atoms with E-state index >= 15 is 0 Å². The third kappa shape index (κ3) is 4.63. The van der Waals surface area contributed by atoms with Gasteiger partial charge in [-0.3, -0.25) is 19.6 Å². The van der Waals surface area contributed by atoms with Gasteiger partial charge >= 0.3 is 5.97 Å². The van der Waals surface area contributed by atoms with Crippen molar-refractivity contribution in [3.63, 3.8) is 0 Å². The molecule has 20 heavy (non-hydrogen) atoms. The largest absolute Gasteiger partial charge is 0.466 e. The van der Waals surface area contributed by atoms with E-state index in [2.05, 4.69) is 5.32 Å². The average molecular weight is 300 g/mol. The quantitative estimate of drug-likeness (QED) is 0.412. The molecular weight excluding hydrogens is 284 g/mol. The lowest BCUT2D eigenvalue weighted by atomic mass is 10.2. The Balaban J connectivity index is 2.56. The molecule has 110 valence electrons. The molecule has 0 saturated carbocycles. The summed E-state index contributed by atoms with van der Waals surface area (Å²) in [6, 6.07) is 2.53. The summed E-state index contributed by atoms with van der Waals surface area (Å²) < 4.78 is 4.78. The zero-order valence-corrected chi connectivity index (χ0v) is 12.0. The van der Waals surface area contributed by atoms with E-state index in [0.717, 1.165) is 11.3 Å². The Morgan fingerprint density at radius 1 is 1.30 bits per heavy atom. The highest BCUT2D eigenvalue weighted by molar-refractivity contribution is 7.15. The van der Waals surface area contributed by atoms with Gasteiger partial charge in [-0.05, 0) is 26.0 Å². The fourth-order valence-electron chi connectivity index (χ4n) is 1.45. The van der Waals surface area contributed by atoms with E-state index in [1.807, 2.05) is 0 Å². The summed E-state index contributed by atoms with van der Waals surface area (Å²) in [5, 5.41) is 11.1.